The number of morpholine rings is 1. The van der Waals surface area contributed by atoms with E-state index in [2.05, 4.69) is 5.32 Å². The van der Waals surface area contributed by atoms with Gasteiger partial charge in [-0.25, -0.2) is 0 Å². The van der Waals surface area contributed by atoms with E-state index in [1.54, 1.807) is 6.07 Å². The topological polar surface area (TPSA) is 93.9 Å². The van der Waals surface area contributed by atoms with E-state index in [0.717, 1.165) is 16.7 Å². The standard InChI is InChI=1S/C26H27N3O5/c30-26(24-16-23(29(31)32)10-11-25(24)28-12-14-33-15-13-28)27-17-21-8-4-5-9-22(21)19-34-18-20-6-2-1-3-7-20/h1-11,16H,12-15,17-19H2,(H,27,30). The predicted octanol–water partition coefficient (Wildman–Crippen LogP) is 4.08. The molecule has 0 atom stereocenters. The summed E-state index contributed by atoms with van der Waals surface area (Å²) in [6.07, 6.45) is 0. The van der Waals surface area contributed by atoms with Crippen LogP contribution in [-0.2, 0) is 29.2 Å². The molecule has 1 aliphatic heterocycles. The number of hydrogen-bond donors (Lipinski definition) is 1. The number of ether oxygens (including phenoxy) is 2. The SMILES string of the molecule is O=C(NCc1ccccc1COCc1ccccc1)c1cc([N+](=O)[O-])ccc1N1CCOCC1. The number of carbonyl (C=O) groups is 1. The number of benzene rings is 3. The number of nitro groups is 1. The fraction of sp³-hybridized carbons (Fsp3) is 0.269. The Kier molecular flexibility index (Phi) is 7.85. The van der Waals surface area contributed by atoms with E-state index in [9.17, 15) is 14.9 Å². The fourth-order valence-corrected chi connectivity index (χ4v) is 3.89. The number of nitro benzene ring substituents is 1. The zero-order valence-corrected chi connectivity index (χ0v) is 18.8. The summed E-state index contributed by atoms with van der Waals surface area (Å²) in [6.45, 7) is 3.55. The molecule has 0 bridgehead atoms. The molecule has 1 fully saturated rings. The Morgan fingerprint density at radius 2 is 1.68 bits per heavy atom. The molecule has 3 aromatic carbocycles. The van der Waals surface area contributed by atoms with E-state index in [1.807, 2.05) is 59.5 Å². The van der Waals surface area contributed by atoms with Crippen molar-refractivity contribution >= 4 is 17.3 Å². The number of rotatable bonds is 9. The number of non-ortho nitro benzene ring substituents is 1. The molecule has 0 unspecified atom stereocenters. The van der Waals surface area contributed by atoms with Crippen LogP contribution in [0.3, 0.4) is 0 Å². The van der Waals surface area contributed by atoms with Crippen molar-refractivity contribution in [3.8, 4) is 0 Å². The molecular weight excluding hydrogens is 434 g/mol. The minimum Gasteiger partial charge on any atom is -0.378 e. The van der Waals surface area contributed by atoms with Gasteiger partial charge < -0.3 is 19.7 Å². The largest absolute Gasteiger partial charge is 0.378 e. The minimum atomic E-state index is -0.487. The van der Waals surface area contributed by atoms with Crippen LogP contribution in [0, 0.1) is 10.1 Å². The molecule has 0 spiro atoms. The van der Waals surface area contributed by atoms with Gasteiger partial charge in [0.05, 0.1) is 42.6 Å². The Bertz CT molecular complexity index is 1130. The third-order valence-electron chi connectivity index (χ3n) is 5.71. The quantitative estimate of drug-likeness (QED) is 0.381. The van der Waals surface area contributed by atoms with Crippen LogP contribution in [0.15, 0.2) is 72.8 Å². The van der Waals surface area contributed by atoms with Gasteiger partial charge in [0.1, 0.15) is 0 Å². The molecule has 0 aliphatic carbocycles. The van der Waals surface area contributed by atoms with Crippen LogP contribution >= 0.6 is 0 Å². The van der Waals surface area contributed by atoms with E-state index < -0.39 is 4.92 Å². The van der Waals surface area contributed by atoms with Crippen LogP contribution in [-0.4, -0.2) is 37.1 Å². The Balaban J connectivity index is 1.45. The Morgan fingerprint density at radius 3 is 2.41 bits per heavy atom. The molecule has 3 aromatic rings. The molecule has 8 heteroatoms. The highest BCUT2D eigenvalue weighted by Gasteiger charge is 2.22. The number of amides is 1. The summed E-state index contributed by atoms with van der Waals surface area (Å²) in [7, 11) is 0. The van der Waals surface area contributed by atoms with Gasteiger partial charge in [-0.3, -0.25) is 14.9 Å². The van der Waals surface area contributed by atoms with E-state index in [1.165, 1.54) is 12.1 Å². The number of hydrogen-bond acceptors (Lipinski definition) is 6. The van der Waals surface area contributed by atoms with E-state index in [0.29, 0.717) is 45.2 Å². The summed E-state index contributed by atoms with van der Waals surface area (Å²) in [4.78, 5) is 26.0. The molecule has 1 aliphatic rings. The number of anilines is 1. The first-order valence-electron chi connectivity index (χ1n) is 11.2. The average molecular weight is 462 g/mol. The summed E-state index contributed by atoms with van der Waals surface area (Å²) in [5.41, 5.74) is 3.85. The molecule has 1 N–H and O–H groups in total. The highest BCUT2D eigenvalue weighted by Crippen LogP contribution is 2.26. The molecule has 0 saturated carbocycles. The fourth-order valence-electron chi connectivity index (χ4n) is 3.89. The normalized spacial score (nSPS) is 13.5. The van der Waals surface area contributed by atoms with Gasteiger partial charge in [0.2, 0.25) is 0 Å². The minimum absolute atomic E-state index is 0.114. The second-order valence-corrected chi connectivity index (χ2v) is 7.99. The summed E-state index contributed by atoms with van der Waals surface area (Å²) >= 11 is 0. The van der Waals surface area contributed by atoms with Crippen LogP contribution in [0.2, 0.25) is 0 Å². The van der Waals surface area contributed by atoms with Crippen molar-refractivity contribution in [1.82, 2.24) is 5.32 Å². The third kappa shape index (κ3) is 5.98. The summed E-state index contributed by atoms with van der Waals surface area (Å²) in [5, 5.41) is 14.3. The van der Waals surface area contributed by atoms with Crippen LogP contribution in [0.4, 0.5) is 11.4 Å². The molecule has 1 amide bonds. The van der Waals surface area contributed by atoms with Crippen molar-refractivity contribution < 1.29 is 19.2 Å². The molecule has 8 nitrogen and oxygen atoms in total. The predicted molar refractivity (Wildman–Crippen MR) is 129 cm³/mol. The maximum Gasteiger partial charge on any atom is 0.270 e. The second kappa shape index (κ2) is 11.4. The summed E-state index contributed by atoms with van der Waals surface area (Å²) in [6, 6.07) is 22.1. The maximum absolute atomic E-state index is 13.1. The van der Waals surface area contributed by atoms with Crippen molar-refractivity contribution in [3.05, 3.63) is 105 Å². The number of nitrogens with one attached hydrogen (secondary N) is 1. The van der Waals surface area contributed by atoms with Gasteiger partial charge in [0.25, 0.3) is 11.6 Å². The molecule has 0 aromatic heterocycles. The first-order valence-corrected chi connectivity index (χ1v) is 11.2. The highest BCUT2D eigenvalue weighted by atomic mass is 16.6. The lowest BCUT2D eigenvalue weighted by molar-refractivity contribution is -0.384. The number of nitrogens with zero attached hydrogens (tertiary/aromatic N) is 2. The van der Waals surface area contributed by atoms with Crippen molar-refractivity contribution in [2.45, 2.75) is 19.8 Å². The smallest absolute Gasteiger partial charge is 0.270 e. The molecule has 34 heavy (non-hydrogen) atoms. The van der Waals surface area contributed by atoms with Crippen LogP contribution in [0.5, 0.6) is 0 Å². The van der Waals surface area contributed by atoms with Crippen molar-refractivity contribution in [1.29, 1.82) is 0 Å². The van der Waals surface area contributed by atoms with Crippen LogP contribution < -0.4 is 10.2 Å². The average Bonchev–Trinajstić information content (AvgIpc) is 2.88. The molecule has 4 rings (SSSR count). The van der Waals surface area contributed by atoms with Crippen LogP contribution in [0.25, 0.3) is 0 Å². The van der Waals surface area contributed by atoms with Gasteiger partial charge in [-0.1, -0.05) is 54.6 Å². The molecule has 1 heterocycles. The van der Waals surface area contributed by atoms with E-state index in [-0.39, 0.29) is 23.7 Å². The van der Waals surface area contributed by atoms with Gasteiger partial charge in [-0.15, -0.1) is 0 Å². The van der Waals surface area contributed by atoms with Crippen molar-refractivity contribution in [2.24, 2.45) is 0 Å². The Labute approximate surface area is 198 Å². The summed E-state index contributed by atoms with van der Waals surface area (Å²) in [5.74, 6) is -0.356. The third-order valence-corrected chi connectivity index (χ3v) is 5.71. The van der Waals surface area contributed by atoms with Gasteiger partial charge in [-0.05, 0) is 22.8 Å². The van der Waals surface area contributed by atoms with Gasteiger partial charge in [0, 0.05) is 31.8 Å². The molecule has 0 radical (unpaired) electrons. The van der Waals surface area contributed by atoms with Crippen molar-refractivity contribution in [2.75, 3.05) is 31.2 Å². The number of carbonyl (C=O) groups excluding carboxylic acids is 1. The zero-order valence-electron chi connectivity index (χ0n) is 18.8. The zero-order chi connectivity index (χ0) is 23.8. The van der Waals surface area contributed by atoms with E-state index >= 15 is 0 Å². The molecular formula is C26H27N3O5. The van der Waals surface area contributed by atoms with Gasteiger partial charge in [-0.2, -0.15) is 0 Å². The first-order chi connectivity index (χ1) is 16.6. The summed E-state index contributed by atoms with van der Waals surface area (Å²) < 4.78 is 11.3. The molecule has 1 saturated heterocycles. The van der Waals surface area contributed by atoms with Gasteiger partial charge >= 0.3 is 0 Å². The second-order valence-electron chi connectivity index (χ2n) is 7.99. The highest BCUT2D eigenvalue weighted by molar-refractivity contribution is 6.00. The Hall–Kier alpha value is -3.75. The van der Waals surface area contributed by atoms with Gasteiger partial charge in [0.15, 0.2) is 0 Å². The Morgan fingerprint density at radius 1 is 0.971 bits per heavy atom. The van der Waals surface area contributed by atoms with Crippen LogP contribution in [0.1, 0.15) is 27.0 Å². The lowest BCUT2D eigenvalue weighted by Crippen LogP contribution is -2.38. The molecule has 176 valence electrons. The monoisotopic (exact) mass is 461 g/mol. The lowest BCUT2D eigenvalue weighted by atomic mass is 10.1. The first kappa shape index (κ1) is 23.4. The lowest BCUT2D eigenvalue weighted by Gasteiger charge is -2.30. The van der Waals surface area contributed by atoms with E-state index in [4.69, 9.17) is 9.47 Å². The van der Waals surface area contributed by atoms with Crippen molar-refractivity contribution in [3.63, 3.8) is 0 Å². The maximum atomic E-state index is 13.1.